The van der Waals surface area contributed by atoms with Gasteiger partial charge in [-0.25, -0.2) is 9.18 Å². The molecule has 224 valence electrons. The highest BCUT2D eigenvalue weighted by atomic mass is 32.1. The highest BCUT2D eigenvalue weighted by molar-refractivity contribution is 7.22. The molecule has 1 aliphatic heterocycles. The van der Waals surface area contributed by atoms with Gasteiger partial charge >= 0.3 is 6.03 Å². The Labute approximate surface area is 250 Å². The lowest BCUT2D eigenvalue weighted by molar-refractivity contribution is -0.143. The highest BCUT2D eigenvalue weighted by Gasteiger charge is 2.26. The summed E-state index contributed by atoms with van der Waals surface area (Å²) in [6.45, 7) is 2.40. The minimum absolute atomic E-state index is 0.0350. The van der Waals surface area contributed by atoms with E-state index < -0.39 is 24.4 Å². The van der Waals surface area contributed by atoms with E-state index in [1.165, 1.54) is 23.5 Å². The average Bonchev–Trinajstić information content (AvgIpc) is 3.72. The van der Waals surface area contributed by atoms with Crippen LogP contribution in [0.15, 0.2) is 54.9 Å². The number of nitrogens with zero attached hydrogens (tertiary/aromatic N) is 4. The first-order valence-corrected chi connectivity index (χ1v) is 14.9. The van der Waals surface area contributed by atoms with Gasteiger partial charge in [0.1, 0.15) is 5.75 Å². The van der Waals surface area contributed by atoms with Crippen molar-refractivity contribution in [1.29, 1.82) is 0 Å². The minimum atomic E-state index is -1.36. The van der Waals surface area contributed by atoms with Gasteiger partial charge in [0.25, 0.3) is 5.91 Å². The molecule has 1 saturated heterocycles. The minimum Gasteiger partial charge on any atom is -0.453 e. The lowest BCUT2D eigenvalue weighted by atomic mass is 10.2. The van der Waals surface area contributed by atoms with Gasteiger partial charge in [-0.3, -0.25) is 19.7 Å². The van der Waals surface area contributed by atoms with E-state index in [0.717, 1.165) is 33.7 Å². The Bertz CT molecular complexity index is 1620. The lowest BCUT2D eigenvalue weighted by Gasteiger charge is -2.35. The molecule has 0 spiro atoms. The summed E-state index contributed by atoms with van der Waals surface area (Å²) in [7, 11) is 0. The number of aliphatic hydroxyl groups excluding tert-OH is 2. The van der Waals surface area contributed by atoms with Crippen molar-refractivity contribution in [1.82, 2.24) is 25.1 Å². The Kier molecular flexibility index (Phi) is 8.47. The Morgan fingerprint density at radius 2 is 1.88 bits per heavy atom. The molecule has 3 aromatic heterocycles. The predicted octanol–water partition coefficient (Wildman–Crippen LogP) is 3.57. The number of nitrogens with one attached hydrogen (secondary N) is 2. The molecule has 13 heteroatoms. The van der Waals surface area contributed by atoms with Crippen LogP contribution in [0.1, 0.15) is 18.4 Å². The second-order valence-corrected chi connectivity index (χ2v) is 11.7. The first-order chi connectivity index (χ1) is 20.9. The summed E-state index contributed by atoms with van der Waals surface area (Å²) in [5, 5.41) is 24.0. The molecule has 6 rings (SSSR count). The molecule has 3 amide bonds. The van der Waals surface area contributed by atoms with Crippen LogP contribution < -0.4 is 15.4 Å². The summed E-state index contributed by atoms with van der Waals surface area (Å²) < 4.78 is 21.6. The molecule has 1 aromatic carbocycles. The number of benzene rings is 1. The zero-order chi connectivity index (χ0) is 29.9. The maximum absolute atomic E-state index is 14.9. The van der Waals surface area contributed by atoms with Gasteiger partial charge in [-0.05, 0) is 42.7 Å². The van der Waals surface area contributed by atoms with E-state index >= 15 is 0 Å². The van der Waals surface area contributed by atoms with Crippen LogP contribution in [-0.2, 0) is 11.3 Å². The van der Waals surface area contributed by atoms with E-state index in [1.807, 2.05) is 24.4 Å². The van der Waals surface area contributed by atoms with Crippen LogP contribution in [0, 0.1) is 5.82 Å². The third-order valence-corrected chi connectivity index (χ3v) is 8.48. The molecule has 1 aliphatic carbocycles. The number of aliphatic hydroxyl groups is 2. The summed E-state index contributed by atoms with van der Waals surface area (Å²) in [5.74, 6) is -0.537. The van der Waals surface area contributed by atoms with E-state index in [-0.39, 0.29) is 17.8 Å². The first-order valence-electron chi connectivity index (χ1n) is 14.0. The summed E-state index contributed by atoms with van der Waals surface area (Å²) in [6.07, 6.45) is 4.00. The number of hydrogen-bond acceptors (Lipinski definition) is 9. The molecule has 4 N–H and O–H groups in total. The molecule has 4 aromatic rings. The molecule has 1 atom stereocenters. The van der Waals surface area contributed by atoms with Crippen molar-refractivity contribution in [2.45, 2.75) is 31.5 Å². The molecule has 0 unspecified atom stereocenters. The Morgan fingerprint density at radius 1 is 1.07 bits per heavy atom. The van der Waals surface area contributed by atoms with Gasteiger partial charge in [-0.1, -0.05) is 6.07 Å². The molecular formula is C30H31FN6O5S. The van der Waals surface area contributed by atoms with Crippen LogP contribution in [0.5, 0.6) is 11.5 Å². The fourth-order valence-corrected chi connectivity index (χ4v) is 5.86. The van der Waals surface area contributed by atoms with Gasteiger partial charge in [0, 0.05) is 69.0 Å². The number of urea groups is 1. The molecular weight excluding hydrogens is 575 g/mol. The Balaban J connectivity index is 1.09. The van der Waals surface area contributed by atoms with Crippen LogP contribution >= 0.6 is 11.3 Å². The lowest BCUT2D eigenvalue weighted by Crippen LogP contribution is -2.51. The fourth-order valence-electron chi connectivity index (χ4n) is 4.82. The summed E-state index contributed by atoms with van der Waals surface area (Å²) >= 11 is 1.45. The van der Waals surface area contributed by atoms with E-state index in [2.05, 4.69) is 25.5 Å². The molecule has 0 bridgehead atoms. The number of halogens is 1. The largest absolute Gasteiger partial charge is 0.453 e. The third-order valence-electron chi connectivity index (χ3n) is 7.32. The third kappa shape index (κ3) is 6.91. The quantitative estimate of drug-likeness (QED) is 0.227. The SMILES string of the molecule is O=C(Nc1ccc(Oc2ccnc3cc(-c4ccc(CN5CCN(C(=O)[C@H](O)CO)CC5)cn4)sc23)c(F)c1)NC1CC1. The van der Waals surface area contributed by atoms with Crippen LogP contribution in [0.25, 0.3) is 20.8 Å². The van der Waals surface area contributed by atoms with E-state index in [4.69, 9.17) is 9.84 Å². The van der Waals surface area contributed by atoms with Crippen molar-refractivity contribution >= 4 is 39.2 Å². The van der Waals surface area contributed by atoms with E-state index in [9.17, 15) is 19.1 Å². The normalized spacial score (nSPS) is 16.2. The molecule has 4 heterocycles. The number of aromatic nitrogens is 2. The zero-order valence-corrected chi connectivity index (χ0v) is 24.0. The van der Waals surface area contributed by atoms with Crippen molar-refractivity contribution in [3.8, 4) is 22.1 Å². The van der Waals surface area contributed by atoms with Gasteiger partial charge in [-0.15, -0.1) is 11.3 Å². The smallest absolute Gasteiger partial charge is 0.319 e. The van der Waals surface area contributed by atoms with Gasteiger partial charge < -0.3 is 30.5 Å². The van der Waals surface area contributed by atoms with Crippen molar-refractivity contribution in [2.24, 2.45) is 0 Å². The maximum Gasteiger partial charge on any atom is 0.319 e. The molecule has 1 saturated carbocycles. The van der Waals surface area contributed by atoms with Crippen LogP contribution in [0.2, 0.25) is 0 Å². The molecule has 2 fully saturated rings. The topological polar surface area (TPSA) is 140 Å². The Hall–Kier alpha value is -4.17. The van der Waals surface area contributed by atoms with Gasteiger partial charge in [0.15, 0.2) is 17.7 Å². The Morgan fingerprint density at radius 3 is 2.58 bits per heavy atom. The van der Waals surface area contributed by atoms with E-state index in [0.29, 0.717) is 49.7 Å². The first kappa shape index (κ1) is 28.9. The number of fused-ring (bicyclic) bond motifs is 1. The number of amides is 3. The fraction of sp³-hybridized carbons (Fsp3) is 0.333. The summed E-state index contributed by atoms with van der Waals surface area (Å²) in [6, 6.07) is 11.7. The molecule has 11 nitrogen and oxygen atoms in total. The molecule has 43 heavy (non-hydrogen) atoms. The van der Waals surface area contributed by atoms with Crippen LogP contribution in [-0.4, -0.2) is 86.9 Å². The van der Waals surface area contributed by atoms with Gasteiger partial charge in [0.2, 0.25) is 0 Å². The summed E-state index contributed by atoms with van der Waals surface area (Å²) in [5.41, 5.74) is 2.85. The summed E-state index contributed by atoms with van der Waals surface area (Å²) in [4.78, 5) is 37.8. The number of ether oxygens (including phenoxy) is 1. The van der Waals surface area contributed by atoms with Crippen LogP contribution in [0.3, 0.4) is 0 Å². The number of carbonyl (C=O) groups is 2. The molecule has 0 radical (unpaired) electrons. The number of thiophene rings is 1. The maximum atomic E-state index is 14.9. The van der Waals surface area contributed by atoms with Crippen molar-refractivity contribution < 1.29 is 28.9 Å². The van der Waals surface area contributed by atoms with Crippen LogP contribution in [0.4, 0.5) is 14.9 Å². The van der Waals surface area contributed by atoms with Crippen molar-refractivity contribution in [2.75, 3.05) is 38.1 Å². The van der Waals surface area contributed by atoms with Gasteiger partial charge in [-0.2, -0.15) is 0 Å². The zero-order valence-electron chi connectivity index (χ0n) is 23.2. The predicted molar refractivity (Wildman–Crippen MR) is 159 cm³/mol. The standard InChI is InChI=1S/C30H31FN6O5S/c31-21-13-20(35-30(41)34-19-2-3-19)4-6-25(21)42-26-7-8-32-23-14-27(43-28(23)26)22-5-1-18(15-33-22)16-36-9-11-37(12-10-36)29(40)24(39)17-38/h1,4-8,13-15,19,24,38-39H,2-3,9-12,16-17H2,(H2,34,35,41)/t24-/m1/s1. The number of carbonyl (C=O) groups excluding carboxylic acids is 2. The van der Waals surface area contributed by atoms with Gasteiger partial charge in [0.05, 0.1) is 27.4 Å². The second kappa shape index (κ2) is 12.6. The number of rotatable bonds is 9. The molecule has 2 aliphatic rings. The number of anilines is 1. The highest BCUT2D eigenvalue weighted by Crippen LogP contribution is 2.39. The average molecular weight is 607 g/mol. The number of piperazine rings is 1. The van der Waals surface area contributed by atoms with Crippen molar-refractivity contribution in [3.05, 3.63) is 66.2 Å². The van der Waals surface area contributed by atoms with E-state index in [1.54, 1.807) is 23.2 Å². The monoisotopic (exact) mass is 606 g/mol. The second-order valence-electron chi connectivity index (χ2n) is 10.6. The van der Waals surface area contributed by atoms with Crippen molar-refractivity contribution in [3.63, 3.8) is 0 Å². The number of hydrogen-bond donors (Lipinski definition) is 4. The number of pyridine rings is 2.